The van der Waals surface area contributed by atoms with Gasteiger partial charge in [-0.2, -0.15) is 12.6 Å². The topological polar surface area (TPSA) is 66.8 Å². The second-order valence-electron chi connectivity index (χ2n) is 5.42. The third kappa shape index (κ3) is 3.81. The zero-order valence-corrected chi connectivity index (χ0v) is 13.5. The number of likely N-dealkylation sites (tertiary alicyclic amines) is 1. The van der Waals surface area contributed by atoms with Gasteiger partial charge in [0.2, 0.25) is 5.91 Å². The molecule has 0 radical (unpaired) electrons. The van der Waals surface area contributed by atoms with Crippen LogP contribution in [0.25, 0.3) is 0 Å². The van der Waals surface area contributed by atoms with E-state index >= 15 is 0 Å². The van der Waals surface area contributed by atoms with E-state index in [9.17, 15) is 14.7 Å². The molecule has 6 heteroatoms. The molecule has 0 bridgehead atoms. The summed E-state index contributed by atoms with van der Waals surface area (Å²) >= 11 is 4.24. The fraction of sp³-hybridized carbons (Fsp3) is 0.500. The minimum atomic E-state index is -1.36. The van der Waals surface area contributed by atoms with Crippen molar-refractivity contribution < 1.29 is 19.4 Å². The maximum absolute atomic E-state index is 12.3. The van der Waals surface area contributed by atoms with Crippen LogP contribution in [-0.4, -0.2) is 39.5 Å². The number of ether oxygens (including phenoxy) is 1. The molecule has 1 aliphatic rings. The molecule has 0 aromatic heterocycles. The van der Waals surface area contributed by atoms with Gasteiger partial charge in [0.1, 0.15) is 5.72 Å². The number of benzene rings is 1. The fourth-order valence-corrected chi connectivity index (χ4v) is 3.09. The van der Waals surface area contributed by atoms with Gasteiger partial charge in [-0.05, 0) is 12.5 Å². The molecule has 22 heavy (non-hydrogen) atoms. The van der Waals surface area contributed by atoms with Gasteiger partial charge >= 0.3 is 5.97 Å². The highest BCUT2D eigenvalue weighted by Gasteiger charge is 2.48. The van der Waals surface area contributed by atoms with Gasteiger partial charge in [-0.25, -0.2) is 0 Å². The van der Waals surface area contributed by atoms with Crippen LogP contribution in [0.3, 0.4) is 0 Å². The van der Waals surface area contributed by atoms with Crippen LogP contribution in [0, 0.1) is 0 Å². The smallest absolute Gasteiger partial charge is 0.305 e. The number of hydrogen-bond acceptors (Lipinski definition) is 5. The predicted molar refractivity (Wildman–Crippen MR) is 85.2 cm³/mol. The minimum absolute atomic E-state index is 0.0728. The predicted octanol–water partition coefficient (Wildman–Crippen LogP) is 1.75. The molecule has 0 spiro atoms. The highest BCUT2D eigenvalue weighted by atomic mass is 32.1. The Hall–Kier alpha value is -1.53. The number of nitrogens with zero attached hydrogens (tertiary/aromatic N) is 1. The van der Waals surface area contributed by atoms with Gasteiger partial charge in [0.25, 0.3) is 0 Å². The van der Waals surface area contributed by atoms with Crippen molar-refractivity contribution in [2.45, 2.75) is 43.7 Å². The average Bonchev–Trinajstić information content (AvgIpc) is 2.71. The third-order valence-electron chi connectivity index (χ3n) is 3.79. The van der Waals surface area contributed by atoms with E-state index in [1.165, 1.54) is 4.90 Å². The first-order valence-electron chi connectivity index (χ1n) is 7.38. The van der Waals surface area contributed by atoms with Crippen molar-refractivity contribution >= 4 is 24.5 Å². The second-order valence-corrected chi connectivity index (χ2v) is 6.04. The summed E-state index contributed by atoms with van der Waals surface area (Å²) in [6.45, 7) is 2.34. The van der Waals surface area contributed by atoms with E-state index in [0.717, 1.165) is 5.56 Å². The zero-order valence-electron chi connectivity index (χ0n) is 12.6. The largest absolute Gasteiger partial charge is 0.466 e. The molecule has 120 valence electrons. The van der Waals surface area contributed by atoms with Crippen molar-refractivity contribution in [1.82, 2.24) is 4.90 Å². The van der Waals surface area contributed by atoms with Crippen LogP contribution in [0.15, 0.2) is 30.3 Å². The summed E-state index contributed by atoms with van der Waals surface area (Å²) in [5.74, 6) is -0.579. The van der Waals surface area contributed by atoms with E-state index < -0.39 is 11.0 Å². The Morgan fingerprint density at radius 1 is 1.45 bits per heavy atom. The lowest BCUT2D eigenvalue weighted by atomic mass is 10.0. The second kappa shape index (κ2) is 7.15. The van der Waals surface area contributed by atoms with Gasteiger partial charge in [-0.1, -0.05) is 30.3 Å². The number of thiol groups is 1. The molecular weight excluding hydrogens is 302 g/mol. The van der Waals surface area contributed by atoms with Crippen molar-refractivity contribution in [2.24, 2.45) is 0 Å². The Morgan fingerprint density at radius 2 is 2.14 bits per heavy atom. The SMILES string of the molecule is CCOC(=O)CCC1(O)CC(S)C(=O)N1Cc1ccccc1. The van der Waals surface area contributed by atoms with Crippen LogP contribution >= 0.6 is 12.6 Å². The van der Waals surface area contributed by atoms with Crippen LogP contribution in [0.4, 0.5) is 0 Å². The lowest BCUT2D eigenvalue weighted by Gasteiger charge is -2.33. The normalized spacial score (nSPS) is 24.6. The summed E-state index contributed by atoms with van der Waals surface area (Å²) < 4.78 is 4.88. The molecule has 1 N–H and O–H groups in total. The summed E-state index contributed by atoms with van der Waals surface area (Å²) in [4.78, 5) is 25.2. The van der Waals surface area contributed by atoms with Crippen LogP contribution in [0.2, 0.25) is 0 Å². The van der Waals surface area contributed by atoms with Gasteiger partial charge < -0.3 is 14.7 Å². The standard InChI is InChI=1S/C16H21NO4S/c1-2-21-14(18)8-9-16(20)10-13(22)15(19)17(16)11-12-6-4-3-5-7-12/h3-7,13,20,22H,2,8-11H2,1H3. The lowest BCUT2D eigenvalue weighted by molar-refractivity contribution is -0.155. The molecule has 1 amide bonds. The maximum atomic E-state index is 12.3. The van der Waals surface area contributed by atoms with E-state index in [1.807, 2.05) is 30.3 Å². The molecule has 1 heterocycles. The molecule has 2 atom stereocenters. The van der Waals surface area contributed by atoms with Crippen LogP contribution in [0.5, 0.6) is 0 Å². The highest BCUT2D eigenvalue weighted by molar-refractivity contribution is 7.81. The number of rotatable bonds is 6. The number of carbonyl (C=O) groups excluding carboxylic acids is 2. The van der Waals surface area contributed by atoms with E-state index in [4.69, 9.17) is 4.74 Å². The Labute approximate surface area is 135 Å². The first kappa shape index (κ1) is 16.8. The maximum Gasteiger partial charge on any atom is 0.305 e. The first-order valence-corrected chi connectivity index (χ1v) is 7.89. The van der Waals surface area contributed by atoms with Gasteiger partial charge in [-0.15, -0.1) is 0 Å². The number of esters is 1. The van der Waals surface area contributed by atoms with E-state index in [0.29, 0.717) is 13.2 Å². The average molecular weight is 323 g/mol. The number of amides is 1. The zero-order chi connectivity index (χ0) is 16.2. The van der Waals surface area contributed by atoms with Crippen molar-refractivity contribution in [3.05, 3.63) is 35.9 Å². The van der Waals surface area contributed by atoms with Crippen LogP contribution in [0.1, 0.15) is 31.7 Å². The molecule has 1 aromatic carbocycles. The summed E-state index contributed by atoms with van der Waals surface area (Å²) in [7, 11) is 0. The summed E-state index contributed by atoms with van der Waals surface area (Å²) in [5, 5.41) is 10.3. The molecule has 5 nitrogen and oxygen atoms in total. The highest BCUT2D eigenvalue weighted by Crippen LogP contribution is 2.36. The van der Waals surface area contributed by atoms with Crippen molar-refractivity contribution in [3.63, 3.8) is 0 Å². The van der Waals surface area contributed by atoms with E-state index in [1.54, 1.807) is 6.92 Å². The lowest BCUT2D eigenvalue weighted by Crippen LogP contribution is -2.45. The quantitative estimate of drug-likeness (QED) is 0.618. The Balaban J connectivity index is 2.09. The number of carbonyl (C=O) groups is 2. The number of aliphatic hydroxyl groups is 1. The first-order chi connectivity index (χ1) is 10.5. The van der Waals surface area contributed by atoms with Crippen molar-refractivity contribution in [1.29, 1.82) is 0 Å². The molecule has 2 unspecified atom stereocenters. The van der Waals surface area contributed by atoms with Gasteiger partial charge in [-0.3, -0.25) is 9.59 Å². The fourth-order valence-electron chi connectivity index (χ4n) is 2.66. The monoisotopic (exact) mass is 323 g/mol. The molecule has 2 rings (SSSR count). The minimum Gasteiger partial charge on any atom is -0.466 e. The van der Waals surface area contributed by atoms with Gasteiger partial charge in [0, 0.05) is 19.4 Å². The molecule has 0 aliphatic carbocycles. The van der Waals surface area contributed by atoms with E-state index in [2.05, 4.69) is 12.6 Å². The van der Waals surface area contributed by atoms with Crippen LogP contribution < -0.4 is 0 Å². The van der Waals surface area contributed by atoms with Gasteiger partial charge in [0.05, 0.1) is 18.3 Å². The Morgan fingerprint density at radius 3 is 2.77 bits per heavy atom. The molecule has 1 aromatic rings. The summed E-state index contributed by atoms with van der Waals surface area (Å²) in [6.07, 6.45) is 0.437. The van der Waals surface area contributed by atoms with Crippen LogP contribution in [-0.2, 0) is 20.9 Å². The molecule has 1 aliphatic heterocycles. The molecule has 1 fully saturated rings. The number of hydrogen-bond donors (Lipinski definition) is 2. The Kier molecular flexibility index (Phi) is 5.47. The summed E-state index contributed by atoms with van der Waals surface area (Å²) in [6, 6.07) is 9.44. The van der Waals surface area contributed by atoms with Gasteiger partial charge in [0.15, 0.2) is 0 Å². The molecule has 1 saturated heterocycles. The van der Waals surface area contributed by atoms with Crippen molar-refractivity contribution in [3.8, 4) is 0 Å². The Bertz CT molecular complexity index is 536. The molecule has 0 saturated carbocycles. The van der Waals surface area contributed by atoms with Crippen molar-refractivity contribution in [2.75, 3.05) is 6.61 Å². The summed E-state index contributed by atoms with van der Waals surface area (Å²) in [5.41, 5.74) is -0.431. The molecular formula is C16H21NO4S. The third-order valence-corrected chi connectivity index (χ3v) is 4.20. The van der Waals surface area contributed by atoms with E-state index in [-0.39, 0.29) is 31.1 Å².